The van der Waals surface area contributed by atoms with E-state index in [2.05, 4.69) is 5.10 Å². The molecule has 1 aliphatic heterocycles. The number of carbonyl (C=O) groups excluding carboxylic acids is 2. The number of hydrogen-bond donors (Lipinski definition) is 0. The smallest absolute Gasteiger partial charge is 0.338 e. The monoisotopic (exact) mass is 396 g/mol. The van der Waals surface area contributed by atoms with Crippen LogP contribution in [-0.4, -0.2) is 29.2 Å². The van der Waals surface area contributed by atoms with Crippen molar-refractivity contribution in [2.75, 3.05) is 6.61 Å². The first kappa shape index (κ1) is 17.6. The zero-order valence-electron chi connectivity index (χ0n) is 14.3. The minimum absolute atomic E-state index is 0.162. The predicted octanol–water partition coefficient (Wildman–Crippen LogP) is 4.34. The molecule has 0 saturated heterocycles. The third-order valence-electron chi connectivity index (χ3n) is 4.18. The standard InChI is InChI=1S/C20H16N2O3S2/c23-19(13-25-20(24)14-6-2-1-3-7-14)22-16(18-9-5-11-27-18)12-15(21-22)17-8-4-10-26-17/h1-11,16H,12-13H2/t16-/m1/s1. The third-order valence-corrected chi connectivity index (χ3v) is 6.07. The van der Waals surface area contributed by atoms with Crippen LogP contribution in [0.4, 0.5) is 0 Å². The van der Waals surface area contributed by atoms with Crippen molar-refractivity contribution in [1.29, 1.82) is 0 Å². The van der Waals surface area contributed by atoms with Crippen LogP contribution in [0.3, 0.4) is 0 Å². The van der Waals surface area contributed by atoms with E-state index in [-0.39, 0.29) is 18.6 Å². The lowest BCUT2D eigenvalue weighted by Crippen LogP contribution is -2.31. The summed E-state index contributed by atoms with van der Waals surface area (Å²) in [6, 6.07) is 16.4. The molecule has 1 aliphatic rings. The molecule has 27 heavy (non-hydrogen) atoms. The van der Waals surface area contributed by atoms with Gasteiger partial charge in [-0.15, -0.1) is 22.7 Å². The van der Waals surface area contributed by atoms with Crippen LogP contribution in [0.5, 0.6) is 0 Å². The van der Waals surface area contributed by atoms with E-state index in [1.54, 1.807) is 46.9 Å². The fourth-order valence-electron chi connectivity index (χ4n) is 2.89. The maximum Gasteiger partial charge on any atom is 0.338 e. The quantitative estimate of drug-likeness (QED) is 0.603. The van der Waals surface area contributed by atoms with Gasteiger partial charge in [-0.25, -0.2) is 9.80 Å². The van der Waals surface area contributed by atoms with Gasteiger partial charge in [0, 0.05) is 11.3 Å². The first-order chi connectivity index (χ1) is 13.2. The molecule has 1 amide bonds. The summed E-state index contributed by atoms with van der Waals surface area (Å²) in [7, 11) is 0. The molecule has 5 nitrogen and oxygen atoms in total. The van der Waals surface area contributed by atoms with Crippen LogP contribution < -0.4 is 0 Å². The van der Waals surface area contributed by atoms with E-state index < -0.39 is 5.97 Å². The summed E-state index contributed by atoms with van der Waals surface area (Å²) in [5.74, 6) is -0.845. The van der Waals surface area contributed by atoms with E-state index in [0.29, 0.717) is 12.0 Å². The molecule has 3 aromatic rings. The van der Waals surface area contributed by atoms with Gasteiger partial charge in [-0.3, -0.25) is 4.79 Å². The van der Waals surface area contributed by atoms with Crippen molar-refractivity contribution in [1.82, 2.24) is 5.01 Å². The topological polar surface area (TPSA) is 59.0 Å². The Bertz CT molecular complexity index is 951. The number of rotatable bonds is 5. The summed E-state index contributed by atoms with van der Waals surface area (Å²) >= 11 is 3.19. The molecule has 0 spiro atoms. The van der Waals surface area contributed by atoms with E-state index in [4.69, 9.17) is 4.74 Å². The molecule has 0 radical (unpaired) electrons. The minimum atomic E-state index is -0.515. The second-order valence-corrected chi connectivity index (χ2v) is 7.87. The van der Waals surface area contributed by atoms with Gasteiger partial charge >= 0.3 is 5.97 Å². The molecule has 4 rings (SSSR count). The molecule has 1 atom stereocenters. The molecule has 1 aromatic carbocycles. The number of amides is 1. The fraction of sp³-hybridized carbons (Fsp3) is 0.150. The van der Waals surface area contributed by atoms with E-state index in [9.17, 15) is 9.59 Å². The van der Waals surface area contributed by atoms with Crippen LogP contribution >= 0.6 is 22.7 Å². The number of hydrogen-bond acceptors (Lipinski definition) is 6. The van der Waals surface area contributed by atoms with Crippen LogP contribution in [0.1, 0.15) is 32.6 Å². The van der Waals surface area contributed by atoms with Gasteiger partial charge in [0.2, 0.25) is 0 Å². The van der Waals surface area contributed by atoms with Crippen molar-refractivity contribution in [2.24, 2.45) is 5.10 Å². The first-order valence-corrected chi connectivity index (χ1v) is 10.2. The summed E-state index contributed by atoms with van der Waals surface area (Å²) in [4.78, 5) is 27.0. The van der Waals surface area contributed by atoms with E-state index >= 15 is 0 Å². The van der Waals surface area contributed by atoms with Crippen molar-refractivity contribution in [3.05, 3.63) is 80.7 Å². The number of ether oxygens (including phenoxy) is 1. The molecule has 0 aliphatic carbocycles. The maximum atomic E-state index is 12.8. The van der Waals surface area contributed by atoms with Gasteiger partial charge in [0.05, 0.1) is 22.2 Å². The second kappa shape index (κ2) is 7.85. The van der Waals surface area contributed by atoms with Gasteiger partial charge in [0.1, 0.15) is 0 Å². The molecule has 3 heterocycles. The summed E-state index contributed by atoms with van der Waals surface area (Å²) in [5, 5.41) is 9.98. The zero-order chi connectivity index (χ0) is 18.6. The molecular weight excluding hydrogens is 380 g/mol. The van der Waals surface area contributed by atoms with Gasteiger partial charge in [0.25, 0.3) is 5.91 Å². The molecule has 0 unspecified atom stereocenters. The highest BCUT2D eigenvalue weighted by Crippen LogP contribution is 2.35. The van der Waals surface area contributed by atoms with Gasteiger partial charge in [-0.1, -0.05) is 30.3 Å². The van der Waals surface area contributed by atoms with E-state index in [1.165, 1.54) is 5.01 Å². The Kier molecular flexibility index (Phi) is 5.13. The molecule has 136 valence electrons. The average Bonchev–Trinajstić information content (AvgIpc) is 3.46. The summed E-state index contributed by atoms with van der Waals surface area (Å²) < 4.78 is 5.20. The first-order valence-electron chi connectivity index (χ1n) is 8.41. The average molecular weight is 396 g/mol. The fourth-order valence-corrected chi connectivity index (χ4v) is 4.42. The SMILES string of the molecule is O=C(OCC(=O)N1N=C(c2cccs2)C[C@@H]1c1cccs1)c1ccccc1. The number of carbonyl (C=O) groups is 2. The Morgan fingerprint density at radius 1 is 1.04 bits per heavy atom. The lowest BCUT2D eigenvalue weighted by atomic mass is 10.1. The van der Waals surface area contributed by atoms with Crippen LogP contribution in [0, 0.1) is 0 Å². The Balaban J connectivity index is 1.50. The molecule has 2 aromatic heterocycles. The molecular formula is C20H16N2O3S2. The lowest BCUT2D eigenvalue weighted by molar-refractivity contribution is -0.136. The van der Waals surface area contributed by atoms with Crippen molar-refractivity contribution in [2.45, 2.75) is 12.5 Å². The van der Waals surface area contributed by atoms with Crippen LogP contribution in [-0.2, 0) is 9.53 Å². The molecule has 0 N–H and O–H groups in total. The number of benzene rings is 1. The Morgan fingerprint density at radius 2 is 1.81 bits per heavy atom. The molecule has 0 fully saturated rings. The van der Waals surface area contributed by atoms with E-state index in [1.807, 2.05) is 41.1 Å². The predicted molar refractivity (Wildman–Crippen MR) is 106 cm³/mol. The van der Waals surface area contributed by atoms with Gasteiger partial charge in [0.15, 0.2) is 6.61 Å². The highest BCUT2D eigenvalue weighted by molar-refractivity contribution is 7.12. The summed E-state index contributed by atoms with van der Waals surface area (Å²) in [6.45, 7) is -0.336. The maximum absolute atomic E-state index is 12.8. The van der Waals surface area contributed by atoms with Crippen LogP contribution in [0.25, 0.3) is 0 Å². The number of esters is 1. The number of hydrazone groups is 1. The lowest BCUT2D eigenvalue weighted by Gasteiger charge is -2.20. The second-order valence-electron chi connectivity index (χ2n) is 5.94. The van der Waals surface area contributed by atoms with E-state index in [0.717, 1.165) is 15.5 Å². The number of thiophene rings is 2. The van der Waals surface area contributed by atoms with Crippen molar-refractivity contribution >= 4 is 40.3 Å². The van der Waals surface area contributed by atoms with Gasteiger partial charge in [-0.2, -0.15) is 5.10 Å². The van der Waals surface area contributed by atoms with Crippen molar-refractivity contribution in [3.8, 4) is 0 Å². The van der Waals surface area contributed by atoms with Gasteiger partial charge in [-0.05, 0) is 35.0 Å². The Hall–Kier alpha value is -2.77. The normalized spacial score (nSPS) is 16.2. The van der Waals surface area contributed by atoms with Crippen LogP contribution in [0.2, 0.25) is 0 Å². The zero-order valence-corrected chi connectivity index (χ0v) is 15.9. The largest absolute Gasteiger partial charge is 0.452 e. The van der Waals surface area contributed by atoms with Crippen LogP contribution in [0.15, 0.2) is 70.5 Å². The number of nitrogens with zero attached hydrogens (tertiary/aromatic N) is 2. The summed E-state index contributed by atoms with van der Waals surface area (Å²) in [6.07, 6.45) is 0.652. The molecule has 0 bridgehead atoms. The van der Waals surface area contributed by atoms with Crippen molar-refractivity contribution < 1.29 is 14.3 Å². The molecule has 7 heteroatoms. The Labute approximate surface area is 164 Å². The highest BCUT2D eigenvalue weighted by Gasteiger charge is 2.34. The third kappa shape index (κ3) is 3.84. The highest BCUT2D eigenvalue weighted by atomic mass is 32.1. The molecule has 0 saturated carbocycles. The van der Waals surface area contributed by atoms with Gasteiger partial charge < -0.3 is 4.74 Å². The summed E-state index contributed by atoms with van der Waals surface area (Å²) in [5.41, 5.74) is 1.30. The van der Waals surface area contributed by atoms with Crippen molar-refractivity contribution in [3.63, 3.8) is 0 Å². The minimum Gasteiger partial charge on any atom is -0.452 e. The Morgan fingerprint density at radius 3 is 2.52 bits per heavy atom.